The highest BCUT2D eigenvalue weighted by Crippen LogP contribution is 2.33. The van der Waals surface area contributed by atoms with Crippen molar-refractivity contribution in [3.05, 3.63) is 87.9 Å². The molecule has 0 aliphatic carbocycles. The Hall–Kier alpha value is -2.63. The molecule has 35 heavy (non-hydrogen) atoms. The minimum atomic E-state index is -5.08. The monoisotopic (exact) mass is 549 g/mol. The van der Waals surface area contributed by atoms with Crippen LogP contribution in [0.2, 0.25) is 10.0 Å². The van der Waals surface area contributed by atoms with Crippen LogP contribution in [0, 0.1) is 0 Å². The van der Waals surface area contributed by atoms with E-state index in [1.807, 2.05) is 12.1 Å². The van der Waals surface area contributed by atoms with Crippen molar-refractivity contribution >= 4 is 39.0 Å². The highest BCUT2D eigenvalue weighted by molar-refractivity contribution is 7.90. The number of aliphatic carboxylic acids is 1. The van der Waals surface area contributed by atoms with Gasteiger partial charge in [0, 0.05) is 6.26 Å². The van der Waals surface area contributed by atoms with Crippen LogP contribution in [0.1, 0.15) is 23.3 Å². The molecule has 3 aromatic carbocycles. The first-order valence-electron chi connectivity index (χ1n) is 9.70. The largest absolute Gasteiger partial charge is 0.490 e. The second-order valence-electron chi connectivity index (χ2n) is 7.37. The van der Waals surface area contributed by atoms with Crippen molar-refractivity contribution in [3.63, 3.8) is 0 Å². The van der Waals surface area contributed by atoms with Gasteiger partial charge in [-0.3, -0.25) is 0 Å². The molecule has 3 rings (SSSR count). The normalized spacial score (nSPS) is 13.4. The molecule has 0 aliphatic rings. The van der Waals surface area contributed by atoms with Crippen molar-refractivity contribution in [2.45, 2.75) is 23.2 Å². The molecule has 0 saturated heterocycles. The van der Waals surface area contributed by atoms with E-state index in [0.29, 0.717) is 21.2 Å². The molecular weight excluding hydrogens is 530 g/mol. The lowest BCUT2D eigenvalue weighted by atomic mass is 9.94. The van der Waals surface area contributed by atoms with Gasteiger partial charge < -0.3 is 15.9 Å². The van der Waals surface area contributed by atoms with Gasteiger partial charge in [-0.25, -0.2) is 13.2 Å². The smallest absolute Gasteiger partial charge is 0.475 e. The summed E-state index contributed by atoms with van der Waals surface area (Å²) < 4.78 is 55.4. The molecule has 0 unspecified atom stereocenters. The van der Waals surface area contributed by atoms with Crippen LogP contribution >= 0.6 is 23.2 Å². The zero-order chi connectivity index (χ0) is 26.6. The molecule has 0 spiro atoms. The molecule has 0 bridgehead atoms. The summed E-state index contributed by atoms with van der Waals surface area (Å²) >= 11 is 12.0. The fourth-order valence-electron chi connectivity index (χ4n) is 2.92. The molecule has 0 fully saturated rings. The lowest BCUT2D eigenvalue weighted by Gasteiger charge is -2.21. The Labute approximate surface area is 209 Å². The average Bonchev–Trinajstić information content (AvgIpc) is 2.79. The second-order valence-corrected chi connectivity index (χ2v) is 10.2. The lowest BCUT2D eigenvalue weighted by molar-refractivity contribution is -0.192. The van der Waals surface area contributed by atoms with E-state index in [0.717, 1.165) is 11.1 Å². The first-order valence-corrected chi connectivity index (χ1v) is 12.3. The molecule has 0 aromatic heterocycles. The minimum absolute atomic E-state index is 0.239. The van der Waals surface area contributed by atoms with Crippen LogP contribution in [0.25, 0.3) is 11.1 Å². The van der Waals surface area contributed by atoms with E-state index in [1.165, 1.54) is 6.26 Å². The molecule has 3 aromatic rings. The predicted molar refractivity (Wildman–Crippen MR) is 127 cm³/mol. The SMILES string of the molecule is CS(=O)(=O)c1cccc(-c2cccc([C@@H](O)[C@@H](N)c3ccc(Cl)c(Cl)c3)c2)c1.O=C(O)C(F)(F)F. The molecule has 2 atom stereocenters. The molecule has 0 amide bonds. The number of benzene rings is 3. The minimum Gasteiger partial charge on any atom is -0.475 e. The molecule has 0 heterocycles. The maximum absolute atomic E-state index is 11.8. The number of alkyl halides is 3. The van der Waals surface area contributed by atoms with Crippen LogP contribution < -0.4 is 5.73 Å². The van der Waals surface area contributed by atoms with Gasteiger partial charge >= 0.3 is 12.1 Å². The molecule has 188 valence electrons. The summed E-state index contributed by atoms with van der Waals surface area (Å²) in [6.45, 7) is 0. The Morgan fingerprint density at radius 1 is 0.914 bits per heavy atom. The van der Waals surface area contributed by atoms with Crippen molar-refractivity contribution in [2.75, 3.05) is 6.26 Å². The topological polar surface area (TPSA) is 118 Å². The van der Waals surface area contributed by atoms with E-state index in [1.54, 1.807) is 54.6 Å². The number of aliphatic hydroxyl groups is 1. The zero-order valence-corrected chi connectivity index (χ0v) is 20.3. The Morgan fingerprint density at radius 3 is 1.97 bits per heavy atom. The third kappa shape index (κ3) is 7.94. The standard InChI is InChI=1S/C21H19Cl2NO3S.C2HF3O2/c1-28(26,27)17-7-3-5-14(11-17)13-4-2-6-16(10-13)21(25)20(24)15-8-9-18(22)19(23)12-15;3-2(4,5)1(6)7/h2-12,20-21,25H,24H2,1H3;(H,6,7)/t20-,21+;/m0./s1. The molecule has 0 aliphatic heterocycles. The summed E-state index contributed by atoms with van der Waals surface area (Å²) in [5, 5.41) is 18.7. The molecule has 4 N–H and O–H groups in total. The number of hydrogen-bond donors (Lipinski definition) is 3. The molecule has 0 radical (unpaired) electrons. The molecule has 0 saturated carbocycles. The average molecular weight is 550 g/mol. The Morgan fingerprint density at radius 2 is 1.46 bits per heavy atom. The first kappa shape index (κ1) is 28.6. The maximum atomic E-state index is 11.8. The lowest BCUT2D eigenvalue weighted by Crippen LogP contribution is -2.21. The number of carboxylic acid groups (broad SMARTS) is 1. The van der Waals surface area contributed by atoms with E-state index < -0.39 is 34.1 Å². The van der Waals surface area contributed by atoms with Crippen LogP contribution in [-0.2, 0) is 14.6 Å². The van der Waals surface area contributed by atoms with Crippen LogP contribution in [0.4, 0.5) is 13.2 Å². The second kappa shape index (κ2) is 11.4. The van der Waals surface area contributed by atoms with Crippen molar-refractivity contribution in [3.8, 4) is 11.1 Å². The summed E-state index contributed by atoms with van der Waals surface area (Å²) in [5.41, 5.74) is 9.02. The summed E-state index contributed by atoms with van der Waals surface area (Å²) in [4.78, 5) is 9.14. The van der Waals surface area contributed by atoms with Crippen LogP contribution in [0.15, 0.2) is 71.6 Å². The molecule has 12 heteroatoms. The summed E-state index contributed by atoms with van der Waals surface area (Å²) in [7, 11) is -3.31. The highest BCUT2D eigenvalue weighted by atomic mass is 35.5. The van der Waals surface area contributed by atoms with Gasteiger partial charge in [0.05, 0.1) is 27.1 Å². The van der Waals surface area contributed by atoms with Gasteiger partial charge in [-0.1, -0.05) is 59.6 Å². The number of sulfone groups is 1. The number of carboxylic acids is 1. The number of hydrogen-bond acceptors (Lipinski definition) is 5. The Bertz CT molecular complexity index is 1320. The molecular formula is C23H20Cl2F3NO5S. The Kier molecular flexibility index (Phi) is 9.32. The first-order chi connectivity index (χ1) is 16.1. The van der Waals surface area contributed by atoms with Gasteiger partial charge in [0.1, 0.15) is 0 Å². The van der Waals surface area contributed by atoms with E-state index in [4.69, 9.17) is 38.8 Å². The van der Waals surface area contributed by atoms with Crippen LogP contribution in [0.3, 0.4) is 0 Å². The summed E-state index contributed by atoms with van der Waals surface area (Å²) in [6.07, 6.45) is -4.89. The predicted octanol–water partition coefficient (Wildman–Crippen LogP) is 5.43. The van der Waals surface area contributed by atoms with Gasteiger partial charge in [0.2, 0.25) is 0 Å². The quantitative estimate of drug-likeness (QED) is 0.390. The number of halogens is 5. The van der Waals surface area contributed by atoms with E-state index in [9.17, 15) is 26.7 Å². The number of aliphatic hydroxyl groups excluding tert-OH is 1. The number of rotatable bonds is 5. The van der Waals surface area contributed by atoms with E-state index in [2.05, 4.69) is 0 Å². The fraction of sp³-hybridized carbons (Fsp3) is 0.174. The van der Waals surface area contributed by atoms with E-state index in [-0.39, 0.29) is 4.90 Å². The molecule has 6 nitrogen and oxygen atoms in total. The highest BCUT2D eigenvalue weighted by Gasteiger charge is 2.38. The zero-order valence-electron chi connectivity index (χ0n) is 18.0. The van der Waals surface area contributed by atoms with Gasteiger partial charge in [0.15, 0.2) is 9.84 Å². The van der Waals surface area contributed by atoms with Gasteiger partial charge in [-0.05, 0) is 52.6 Å². The Balaban J connectivity index is 0.000000540. The summed E-state index contributed by atoms with van der Waals surface area (Å²) in [5.74, 6) is -2.76. The van der Waals surface area contributed by atoms with Crippen molar-refractivity contribution in [1.29, 1.82) is 0 Å². The van der Waals surface area contributed by atoms with Crippen molar-refractivity contribution < 1.29 is 36.6 Å². The van der Waals surface area contributed by atoms with Gasteiger partial charge in [-0.15, -0.1) is 0 Å². The van der Waals surface area contributed by atoms with Crippen LogP contribution in [-0.4, -0.2) is 37.0 Å². The van der Waals surface area contributed by atoms with E-state index >= 15 is 0 Å². The van der Waals surface area contributed by atoms with Crippen LogP contribution in [0.5, 0.6) is 0 Å². The van der Waals surface area contributed by atoms with Crippen molar-refractivity contribution in [1.82, 2.24) is 0 Å². The number of nitrogens with two attached hydrogens (primary N) is 1. The van der Waals surface area contributed by atoms with Gasteiger partial charge in [0.25, 0.3) is 0 Å². The number of carbonyl (C=O) groups is 1. The van der Waals surface area contributed by atoms with Gasteiger partial charge in [-0.2, -0.15) is 13.2 Å². The summed E-state index contributed by atoms with van der Waals surface area (Å²) in [6, 6.07) is 18.2. The maximum Gasteiger partial charge on any atom is 0.490 e. The fourth-order valence-corrected chi connectivity index (χ4v) is 3.89. The third-order valence-corrected chi connectivity index (χ3v) is 6.58. The third-order valence-electron chi connectivity index (χ3n) is 4.73. The van der Waals surface area contributed by atoms with Crippen molar-refractivity contribution in [2.24, 2.45) is 5.73 Å².